The van der Waals surface area contributed by atoms with Crippen LogP contribution in [0.3, 0.4) is 0 Å². The lowest BCUT2D eigenvalue weighted by molar-refractivity contribution is 0.912. The highest BCUT2D eigenvalue weighted by molar-refractivity contribution is 6.35. The summed E-state index contributed by atoms with van der Waals surface area (Å²) in [4.78, 5) is 9.58. The Morgan fingerprint density at radius 1 is 1.09 bits per heavy atom. The van der Waals surface area contributed by atoms with E-state index in [2.05, 4.69) is 33.8 Å². The minimum Gasteiger partial charge on any atom is -0.367 e. The fourth-order valence-electron chi connectivity index (χ4n) is 3.82. The van der Waals surface area contributed by atoms with Crippen LogP contribution in [0.25, 0.3) is 33.4 Å². The number of fused-ring (bicyclic) bond motifs is 1. The predicted octanol–water partition coefficient (Wildman–Crippen LogP) is 5.21. The molecule has 7 nitrogen and oxygen atoms in total. The third kappa shape index (κ3) is 4.16. The largest absolute Gasteiger partial charge is 0.367 e. The van der Waals surface area contributed by atoms with E-state index < -0.39 is 0 Å². The lowest BCUT2D eigenvalue weighted by atomic mass is 10.0. The van der Waals surface area contributed by atoms with Gasteiger partial charge in [0.25, 0.3) is 0 Å². The van der Waals surface area contributed by atoms with Crippen LogP contribution in [0.5, 0.6) is 0 Å². The van der Waals surface area contributed by atoms with Gasteiger partial charge in [0.1, 0.15) is 6.07 Å². The number of aromatic amines is 1. The quantitative estimate of drug-likeness (QED) is 0.368. The van der Waals surface area contributed by atoms with Gasteiger partial charge in [-0.1, -0.05) is 41.9 Å². The third-order valence-corrected chi connectivity index (χ3v) is 5.72. The van der Waals surface area contributed by atoms with Gasteiger partial charge in [0.2, 0.25) is 0 Å². The Bertz CT molecular complexity index is 1480. The van der Waals surface area contributed by atoms with Gasteiger partial charge in [0.15, 0.2) is 11.5 Å². The Kier molecular flexibility index (Phi) is 5.51. The second-order valence-electron chi connectivity index (χ2n) is 7.75. The highest BCUT2D eigenvalue weighted by Gasteiger charge is 2.18. The Morgan fingerprint density at radius 2 is 1.91 bits per heavy atom. The maximum atomic E-state index is 9.83. The minimum atomic E-state index is 0.237. The summed E-state index contributed by atoms with van der Waals surface area (Å²) in [6.07, 6.45) is 6.61. The number of aromatic nitrogens is 5. The van der Waals surface area contributed by atoms with Crippen molar-refractivity contribution in [3.8, 4) is 28.6 Å². The molecule has 0 aliphatic heterocycles. The van der Waals surface area contributed by atoms with Gasteiger partial charge >= 0.3 is 0 Å². The van der Waals surface area contributed by atoms with Crippen molar-refractivity contribution < 1.29 is 0 Å². The molecule has 0 bridgehead atoms. The smallest absolute Gasteiger partial charge is 0.183 e. The number of hydrogen-bond acceptors (Lipinski definition) is 5. The number of aryl methyl sites for hydroxylation is 1. The predicted molar refractivity (Wildman–Crippen MR) is 130 cm³/mol. The van der Waals surface area contributed by atoms with Crippen molar-refractivity contribution >= 4 is 28.3 Å². The molecule has 0 saturated carbocycles. The van der Waals surface area contributed by atoms with E-state index in [0.717, 1.165) is 28.5 Å². The van der Waals surface area contributed by atoms with E-state index in [9.17, 15) is 5.26 Å². The van der Waals surface area contributed by atoms with E-state index in [1.807, 2.05) is 60.3 Å². The monoisotopic (exact) mass is 453 g/mol. The van der Waals surface area contributed by atoms with Crippen LogP contribution in [-0.2, 0) is 13.5 Å². The second kappa shape index (κ2) is 8.77. The summed E-state index contributed by atoms with van der Waals surface area (Å²) in [5.74, 6) is 0.464. The molecule has 162 valence electrons. The number of hydrogen-bond donors (Lipinski definition) is 2. The number of nitrogens with zero attached hydrogens (tertiary/aromatic N) is 5. The van der Waals surface area contributed by atoms with Crippen LogP contribution in [0.1, 0.15) is 11.3 Å². The first-order valence-corrected chi connectivity index (χ1v) is 10.9. The molecule has 0 atom stereocenters. The van der Waals surface area contributed by atoms with Gasteiger partial charge < -0.3 is 9.88 Å². The van der Waals surface area contributed by atoms with Crippen molar-refractivity contribution in [3.05, 3.63) is 83.4 Å². The highest BCUT2D eigenvalue weighted by Crippen LogP contribution is 2.35. The van der Waals surface area contributed by atoms with Crippen molar-refractivity contribution in [1.82, 2.24) is 24.7 Å². The Hall–Kier alpha value is -4.15. The van der Waals surface area contributed by atoms with Gasteiger partial charge in [0, 0.05) is 42.5 Å². The molecule has 0 fully saturated rings. The third-order valence-electron chi connectivity index (χ3n) is 5.42. The molecule has 0 saturated heterocycles. The molecule has 0 amide bonds. The normalized spacial score (nSPS) is 10.9. The first-order valence-electron chi connectivity index (χ1n) is 10.5. The SMILES string of the molecule is Cn1ccc(CCNc2nc(-c3ccccc3)c(-c3cc(Cl)c4[nH]ncc4c3)nc2C#N)c1. The number of nitriles is 1. The lowest BCUT2D eigenvalue weighted by Crippen LogP contribution is -2.10. The van der Waals surface area contributed by atoms with Gasteiger partial charge in [-0.3, -0.25) is 5.10 Å². The molecule has 0 spiro atoms. The van der Waals surface area contributed by atoms with E-state index in [-0.39, 0.29) is 5.69 Å². The molecule has 5 aromatic rings. The summed E-state index contributed by atoms with van der Waals surface area (Å²) in [6, 6.07) is 17.9. The van der Waals surface area contributed by atoms with Crippen LogP contribution in [0.4, 0.5) is 5.82 Å². The van der Waals surface area contributed by atoms with Crippen molar-refractivity contribution in [3.63, 3.8) is 0 Å². The Labute approximate surface area is 195 Å². The number of halogens is 1. The molecular formula is C25H20ClN7. The summed E-state index contributed by atoms with van der Waals surface area (Å²) < 4.78 is 2.01. The highest BCUT2D eigenvalue weighted by atomic mass is 35.5. The minimum absolute atomic E-state index is 0.237. The summed E-state index contributed by atoms with van der Waals surface area (Å²) in [6.45, 7) is 0.633. The zero-order valence-corrected chi connectivity index (χ0v) is 18.6. The van der Waals surface area contributed by atoms with Crippen LogP contribution in [0, 0.1) is 11.3 Å². The van der Waals surface area contributed by atoms with Crippen molar-refractivity contribution in [1.29, 1.82) is 5.26 Å². The topological polar surface area (TPSA) is 95.2 Å². The van der Waals surface area contributed by atoms with Crippen LogP contribution < -0.4 is 5.32 Å². The number of rotatable bonds is 6. The average Bonchev–Trinajstić information content (AvgIpc) is 3.48. The summed E-state index contributed by atoms with van der Waals surface area (Å²) in [7, 11) is 1.99. The fourth-order valence-corrected chi connectivity index (χ4v) is 4.09. The molecule has 2 aromatic carbocycles. The Balaban J connectivity index is 1.58. The van der Waals surface area contributed by atoms with Crippen molar-refractivity contribution in [2.75, 3.05) is 11.9 Å². The van der Waals surface area contributed by atoms with Crippen LogP contribution in [-0.4, -0.2) is 31.3 Å². The second-order valence-corrected chi connectivity index (χ2v) is 8.16. The number of H-pyrrole nitrogens is 1. The van der Waals surface area contributed by atoms with E-state index in [1.54, 1.807) is 6.20 Å². The molecule has 3 heterocycles. The first kappa shape index (κ1) is 20.7. The van der Waals surface area contributed by atoms with Gasteiger partial charge in [0.05, 0.1) is 28.1 Å². The van der Waals surface area contributed by atoms with Crippen LogP contribution in [0.15, 0.2) is 67.1 Å². The zero-order chi connectivity index (χ0) is 22.8. The van der Waals surface area contributed by atoms with Crippen molar-refractivity contribution in [2.24, 2.45) is 7.05 Å². The summed E-state index contributed by atoms with van der Waals surface area (Å²) in [5.41, 5.74) is 5.15. The van der Waals surface area contributed by atoms with E-state index >= 15 is 0 Å². The molecule has 0 aliphatic rings. The maximum Gasteiger partial charge on any atom is 0.183 e. The zero-order valence-electron chi connectivity index (χ0n) is 17.9. The van der Waals surface area contributed by atoms with Gasteiger partial charge in [-0.25, -0.2) is 9.97 Å². The van der Waals surface area contributed by atoms with Crippen LogP contribution >= 0.6 is 11.6 Å². The summed E-state index contributed by atoms with van der Waals surface area (Å²) in [5, 5.41) is 21.5. The standard InChI is InChI=1S/C25H20ClN7/c1-33-10-8-16(15-33)7-9-28-25-21(13-27)30-24(23(31-25)17-5-3-2-4-6-17)18-11-19-14-29-32-22(19)20(26)12-18/h2-6,8,10-12,14-15H,7,9H2,1H3,(H,28,31)(H,29,32). The number of anilines is 1. The van der Waals surface area contributed by atoms with E-state index in [0.29, 0.717) is 28.8 Å². The molecule has 8 heteroatoms. The van der Waals surface area contributed by atoms with Gasteiger partial charge in [-0.05, 0) is 30.2 Å². The first-order chi connectivity index (χ1) is 16.1. The van der Waals surface area contributed by atoms with Crippen LogP contribution in [0.2, 0.25) is 5.02 Å². The molecule has 0 aliphatic carbocycles. The Morgan fingerprint density at radius 3 is 2.67 bits per heavy atom. The van der Waals surface area contributed by atoms with Gasteiger partial charge in [-0.2, -0.15) is 10.4 Å². The van der Waals surface area contributed by atoms with Crippen molar-refractivity contribution in [2.45, 2.75) is 6.42 Å². The van der Waals surface area contributed by atoms with E-state index in [1.165, 1.54) is 5.56 Å². The molecular weight excluding hydrogens is 434 g/mol. The number of nitrogens with one attached hydrogen (secondary N) is 2. The average molecular weight is 454 g/mol. The molecule has 0 radical (unpaired) electrons. The number of benzene rings is 2. The molecule has 2 N–H and O–H groups in total. The molecule has 3 aromatic heterocycles. The van der Waals surface area contributed by atoms with Gasteiger partial charge in [-0.15, -0.1) is 0 Å². The molecule has 33 heavy (non-hydrogen) atoms. The molecule has 0 unspecified atom stereocenters. The lowest BCUT2D eigenvalue weighted by Gasteiger charge is -2.14. The maximum absolute atomic E-state index is 9.83. The summed E-state index contributed by atoms with van der Waals surface area (Å²) >= 11 is 6.49. The fraction of sp³-hybridized carbons (Fsp3) is 0.120. The molecule has 5 rings (SSSR count). The van der Waals surface area contributed by atoms with E-state index in [4.69, 9.17) is 21.6 Å².